The van der Waals surface area contributed by atoms with Crippen LogP contribution in [0.1, 0.15) is 16.0 Å². The number of halogens is 2. The second kappa shape index (κ2) is 5.79. The van der Waals surface area contributed by atoms with Gasteiger partial charge in [-0.1, -0.05) is 29.3 Å². The van der Waals surface area contributed by atoms with E-state index in [0.29, 0.717) is 22.5 Å². The van der Waals surface area contributed by atoms with Crippen LogP contribution in [0.25, 0.3) is 10.2 Å². The van der Waals surface area contributed by atoms with Crippen molar-refractivity contribution in [2.24, 2.45) is 0 Å². The third-order valence-corrected chi connectivity index (χ3v) is 5.01. The molecule has 0 aliphatic carbocycles. The predicted octanol–water partition coefficient (Wildman–Crippen LogP) is 5.19. The fraction of sp³-hybridized carbons (Fsp3) is 0.200. The predicted molar refractivity (Wildman–Crippen MR) is 87.7 cm³/mol. The van der Waals surface area contributed by atoms with E-state index >= 15 is 0 Å². The highest BCUT2D eigenvalue weighted by atomic mass is 35.5. The van der Waals surface area contributed by atoms with E-state index in [-0.39, 0.29) is 0 Å². The lowest BCUT2D eigenvalue weighted by Crippen LogP contribution is -1.99. The maximum Gasteiger partial charge on any atom is 0.225 e. The normalized spacial score (nSPS) is 11.0. The number of thiophene rings is 1. The third-order valence-electron chi connectivity index (χ3n) is 3.31. The lowest BCUT2D eigenvalue weighted by molar-refractivity contribution is 0.297. The first kappa shape index (κ1) is 14.6. The van der Waals surface area contributed by atoms with Crippen LogP contribution in [0.4, 0.5) is 0 Å². The van der Waals surface area contributed by atoms with Crippen molar-refractivity contribution in [2.45, 2.75) is 20.5 Å². The molecule has 0 aliphatic heterocycles. The Hall–Kier alpha value is -1.36. The molecule has 0 spiro atoms. The largest absolute Gasteiger partial charge is 0.472 e. The highest BCUT2D eigenvalue weighted by Crippen LogP contribution is 2.34. The summed E-state index contributed by atoms with van der Waals surface area (Å²) in [6, 6.07) is 5.35. The Morgan fingerprint density at radius 2 is 2.00 bits per heavy atom. The van der Waals surface area contributed by atoms with Crippen LogP contribution in [0.2, 0.25) is 10.0 Å². The molecule has 3 aromatic rings. The Bertz CT molecular complexity index is 817. The molecule has 0 saturated carbocycles. The summed E-state index contributed by atoms with van der Waals surface area (Å²) in [7, 11) is 0. The van der Waals surface area contributed by atoms with Gasteiger partial charge in [0.2, 0.25) is 5.88 Å². The maximum atomic E-state index is 6.15. The van der Waals surface area contributed by atoms with E-state index in [4.69, 9.17) is 27.9 Å². The van der Waals surface area contributed by atoms with Crippen molar-refractivity contribution in [3.05, 3.63) is 50.6 Å². The van der Waals surface area contributed by atoms with E-state index in [2.05, 4.69) is 23.8 Å². The Kier molecular flexibility index (Phi) is 4.02. The smallest absolute Gasteiger partial charge is 0.225 e. The van der Waals surface area contributed by atoms with E-state index in [1.165, 1.54) is 11.2 Å². The second-order valence-electron chi connectivity index (χ2n) is 4.67. The highest BCUT2D eigenvalue weighted by Gasteiger charge is 2.13. The van der Waals surface area contributed by atoms with E-state index in [1.807, 2.05) is 6.07 Å². The minimum Gasteiger partial charge on any atom is -0.472 e. The molecule has 1 aromatic carbocycles. The van der Waals surface area contributed by atoms with Crippen LogP contribution in [0.15, 0.2) is 24.5 Å². The van der Waals surface area contributed by atoms with Gasteiger partial charge in [-0.3, -0.25) is 0 Å². The quantitative estimate of drug-likeness (QED) is 0.658. The first-order valence-corrected chi connectivity index (χ1v) is 7.91. The number of rotatable bonds is 3. The van der Waals surface area contributed by atoms with Crippen molar-refractivity contribution in [1.29, 1.82) is 0 Å². The number of benzene rings is 1. The second-order valence-corrected chi connectivity index (χ2v) is 6.71. The van der Waals surface area contributed by atoms with Crippen LogP contribution in [0.3, 0.4) is 0 Å². The number of hydrogen-bond donors (Lipinski definition) is 0. The molecule has 0 N–H and O–H groups in total. The van der Waals surface area contributed by atoms with Gasteiger partial charge in [-0.2, -0.15) is 0 Å². The van der Waals surface area contributed by atoms with E-state index < -0.39 is 0 Å². The van der Waals surface area contributed by atoms with Crippen molar-refractivity contribution >= 4 is 44.8 Å². The van der Waals surface area contributed by atoms with Gasteiger partial charge in [-0.25, -0.2) is 9.97 Å². The van der Waals surface area contributed by atoms with Crippen molar-refractivity contribution in [3.63, 3.8) is 0 Å². The first-order chi connectivity index (χ1) is 10.1. The summed E-state index contributed by atoms with van der Waals surface area (Å²) in [4.78, 5) is 10.7. The molecule has 21 heavy (non-hydrogen) atoms. The van der Waals surface area contributed by atoms with Crippen molar-refractivity contribution in [3.8, 4) is 5.88 Å². The number of hydrogen-bond acceptors (Lipinski definition) is 4. The molecule has 108 valence electrons. The Labute approximate surface area is 136 Å². The summed E-state index contributed by atoms with van der Waals surface area (Å²) in [6.07, 6.45) is 1.52. The number of aryl methyl sites for hydroxylation is 2. The van der Waals surface area contributed by atoms with Gasteiger partial charge in [0.25, 0.3) is 0 Å². The third kappa shape index (κ3) is 2.84. The van der Waals surface area contributed by atoms with Crippen molar-refractivity contribution in [1.82, 2.24) is 9.97 Å². The Morgan fingerprint density at radius 1 is 1.19 bits per heavy atom. The van der Waals surface area contributed by atoms with Crippen molar-refractivity contribution in [2.75, 3.05) is 0 Å². The monoisotopic (exact) mass is 338 g/mol. The topological polar surface area (TPSA) is 35.0 Å². The molecule has 0 saturated heterocycles. The molecular weight excluding hydrogens is 327 g/mol. The standard InChI is InChI=1S/C15H12Cl2N2OS/c1-8-9(2)21-15-13(8)14(18-7-19-15)20-6-10-3-4-11(16)5-12(10)17/h3-5,7H,6H2,1-2H3. The number of fused-ring (bicyclic) bond motifs is 1. The molecule has 0 atom stereocenters. The molecule has 3 rings (SSSR count). The Morgan fingerprint density at radius 3 is 2.76 bits per heavy atom. The van der Waals surface area contributed by atoms with E-state index in [0.717, 1.165) is 21.3 Å². The van der Waals surface area contributed by atoms with Gasteiger partial charge in [0, 0.05) is 20.5 Å². The molecular formula is C15H12Cl2N2OS. The van der Waals surface area contributed by atoms with Gasteiger partial charge < -0.3 is 4.74 Å². The summed E-state index contributed by atoms with van der Waals surface area (Å²) in [5.74, 6) is 0.591. The molecule has 2 aromatic heterocycles. The zero-order valence-electron chi connectivity index (χ0n) is 11.5. The minimum absolute atomic E-state index is 0.344. The molecule has 0 bridgehead atoms. The van der Waals surface area contributed by atoms with Gasteiger partial charge in [-0.15, -0.1) is 11.3 Å². The first-order valence-electron chi connectivity index (χ1n) is 6.33. The van der Waals surface area contributed by atoms with E-state index in [1.54, 1.807) is 23.5 Å². The summed E-state index contributed by atoms with van der Waals surface area (Å²) < 4.78 is 5.85. The zero-order chi connectivity index (χ0) is 15.0. The molecule has 0 amide bonds. The molecule has 0 aliphatic rings. The molecule has 0 unspecified atom stereocenters. The van der Waals surface area contributed by atoms with Gasteiger partial charge in [0.15, 0.2) is 0 Å². The average Bonchev–Trinajstić information content (AvgIpc) is 2.74. The van der Waals surface area contributed by atoms with Crippen LogP contribution in [-0.2, 0) is 6.61 Å². The lowest BCUT2D eigenvalue weighted by Gasteiger charge is -2.08. The molecule has 6 heteroatoms. The van der Waals surface area contributed by atoms with Crippen molar-refractivity contribution < 1.29 is 4.74 Å². The Balaban J connectivity index is 1.92. The van der Waals surface area contributed by atoms with Gasteiger partial charge in [-0.05, 0) is 31.5 Å². The average molecular weight is 339 g/mol. The maximum absolute atomic E-state index is 6.15. The highest BCUT2D eigenvalue weighted by molar-refractivity contribution is 7.18. The van der Waals surface area contributed by atoms with Crippen LogP contribution >= 0.6 is 34.5 Å². The lowest BCUT2D eigenvalue weighted by atomic mass is 10.2. The number of nitrogens with zero attached hydrogens (tertiary/aromatic N) is 2. The van der Waals surface area contributed by atoms with Gasteiger partial charge >= 0.3 is 0 Å². The molecule has 2 heterocycles. The summed E-state index contributed by atoms with van der Waals surface area (Å²) >= 11 is 13.7. The minimum atomic E-state index is 0.344. The number of aromatic nitrogens is 2. The van der Waals surface area contributed by atoms with Crippen LogP contribution in [0.5, 0.6) is 5.88 Å². The summed E-state index contributed by atoms with van der Waals surface area (Å²) in [5, 5.41) is 2.17. The fourth-order valence-corrected chi connectivity index (χ4v) is 3.49. The number of ether oxygens (including phenoxy) is 1. The molecule has 0 fully saturated rings. The van der Waals surface area contributed by atoms with Gasteiger partial charge in [0.05, 0.1) is 5.39 Å². The van der Waals surface area contributed by atoms with Crippen LogP contribution < -0.4 is 4.74 Å². The zero-order valence-corrected chi connectivity index (χ0v) is 13.8. The SMILES string of the molecule is Cc1sc2ncnc(OCc3ccc(Cl)cc3Cl)c2c1C. The summed E-state index contributed by atoms with van der Waals surface area (Å²) in [5.41, 5.74) is 2.03. The van der Waals surface area contributed by atoms with E-state index in [9.17, 15) is 0 Å². The van der Waals surface area contributed by atoms with Crippen LogP contribution in [-0.4, -0.2) is 9.97 Å². The molecule has 0 radical (unpaired) electrons. The van der Waals surface area contributed by atoms with Crippen LogP contribution in [0, 0.1) is 13.8 Å². The summed E-state index contributed by atoms with van der Waals surface area (Å²) in [6.45, 7) is 4.47. The molecule has 3 nitrogen and oxygen atoms in total. The fourth-order valence-electron chi connectivity index (χ4n) is 2.04. The van der Waals surface area contributed by atoms with Gasteiger partial charge in [0.1, 0.15) is 17.8 Å².